The van der Waals surface area contributed by atoms with Crippen LogP contribution in [0.5, 0.6) is 0 Å². The minimum Gasteiger partial charge on any atom is -0.445 e. The Kier molecular flexibility index (Phi) is 7.22. The highest BCUT2D eigenvalue weighted by atomic mass is 19.4. The van der Waals surface area contributed by atoms with Gasteiger partial charge in [-0.15, -0.1) is 0 Å². The Hall–Kier alpha value is -3.53. The molecule has 3 aromatic carbocycles. The molecule has 3 aromatic rings. The smallest absolute Gasteiger partial charge is 0.430 e. The summed E-state index contributed by atoms with van der Waals surface area (Å²) in [5.41, 5.74) is -5.01. The lowest BCUT2D eigenvalue weighted by Gasteiger charge is -2.34. The summed E-state index contributed by atoms with van der Waals surface area (Å²) in [5.74, 6) is -0.479. The van der Waals surface area contributed by atoms with Crippen LogP contribution in [0.25, 0.3) is 0 Å². The molecule has 1 amide bonds. The Morgan fingerprint density at radius 1 is 0.895 bits per heavy atom. The zero-order valence-electron chi connectivity index (χ0n) is 20.3. The van der Waals surface area contributed by atoms with Gasteiger partial charge in [0.1, 0.15) is 6.61 Å². The first-order valence-corrected chi connectivity index (χ1v) is 11.7. The molecule has 1 heterocycles. The Labute approximate surface area is 215 Å². The van der Waals surface area contributed by atoms with Crippen molar-refractivity contribution in [3.63, 3.8) is 0 Å². The molecule has 0 aliphatic carbocycles. The van der Waals surface area contributed by atoms with Crippen LogP contribution < -0.4 is 0 Å². The molecule has 0 radical (unpaired) electrons. The molecule has 0 spiro atoms. The minimum absolute atomic E-state index is 0.0467. The SMILES string of the molecule is C[C@@]1(c2ccccc2)CN(C(=O)OCc2ccccc2)C[C@@H]1c1ccc(C(O)(C(F)(F)F)C(F)(F)F)cc1. The lowest BCUT2D eigenvalue weighted by atomic mass is 9.71. The third kappa shape index (κ3) is 4.97. The number of likely N-dealkylation sites (tertiary alicyclic amines) is 1. The van der Waals surface area contributed by atoms with Crippen LogP contribution in [0.2, 0.25) is 0 Å². The number of benzene rings is 3. The molecule has 0 aromatic heterocycles. The maximum Gasteiger partial charge on any atom is 0.430 e. The van der Waals surface area contributed by atoms with Gasteiger partial charge >= 0.3 is 18.4 Å². The van der Waals surface area contributed by atoms with Gasteiger partial charge in [0.05, 0.1) is 0 Å². The van der Waals surface area contributed by atoms with E-state index in [-0.39, 0.29) is 19.7 Å². The van der Waals surface area contributed by atoms with Crippen LogP contribution in [0.1, 0.15) is 35.1 Å². The fourth-order valence-corrected chi connectivity index (χ4v) is 4.97. The van der Waals surface area contributed by atoms with Crippen LogP contribution in [0.3, 0.4) is 0 Å². The van der Waals surface area contributed by atoms with Crippen molar-refractivity contribution in [2.75, 3.05) is 13.1 Å². The third-order valence-electron chi connectivity index (χ3n) is 7.14. The summed E-state index contributed by atoms with van der Waals surface area (Å²) in [6.45, 7) is 2.27. The number of halogens is 6. The van der Waals surface area contributed by atoms with Gasteiger partial charge in [-0.05, 0) is 16.7 Å². The number of carbonyl (C=O) groups is 1. The van der Waals surface area contributed by atoms with E-state index in [4.69, 9.17) is 4.74 Å². The second kappa shape index (κ2) is 9.98. The zero-order valence-corrected chi connectivity index (χ0v) is 20.3. The predicted octanol–water partition coefficient (Wildman–Crippen LogP) is 6.69. The van der Waals surface area contributed by atoms with Crippen molar-refractivity contribution in [3.05, 3.63) is 107 Å². The Morgan fingerprint density at radius 3 is 1.95 bits per heavy atom. The van der Waals surface area contributed by atoms with Crippen molar-refractivity contribution in [2.24, 2.45) is 0 Å². The maximum absolute atomic E-state index is 13.3. The van der Waals surface area contributed by atoms with Gasteiger partial charge in [0.15, 0.2) is 0 Å². The van der Waals surface area contributed by atoms with Crippen LogP contribution in [0, 0.1) is 0 Å². The van der Waals surface area contributed by atoms with Gasteiger partial charge in [0.2, 0.25) is 0 Å². The average molecular weight is 538 g/mol. The number of ether oxygens (including phenoxy) is 1. The number of rotatable bonds is 5. The van der Waals surface area contributed by atoms with E-state index in [1.807, 2.05) is 55.5 Å². The largest absolute Gasteiger partial charge is 0.445 e. The summed E-state index contributed by atoms with van der Waals surface area (Å²) in [4.78, 5) is 14.4. The number of hydrogen-bond acceptors (Lipinski definition) is 3. The molecule has 0 bridgehead atoms. The molecular weight excluding hydrogens is 512 g/mol. The highest BCUT2D eigenvalue weighted by Gasteiger charge is 2.71. The molecule has 10 heteroatoms. The standard InChI is InChI=1S/C28H25F6NO3/c1-25(21-10-6-3-7-11-21)18-35(24(36)38-17-19-8-4-2-5-9-19)16-23(25)20-12-14-22(15-13-20)26(37,27(29,30)31)28(32,33)34/h2-15,23,37H,16-18H2,1H3/t23-,25+/m1/s1. The number of nitrogens with zero attached hydrogens (tertiary/aromatic N) is 1. The summed E-state index contributed by atoms with van der Waals surface area (Å²) in [5, 5.41) is 9.74. The molecule has 0 unspecified atom stereocenters. The average Bonchev–Trinajstić information content (AvgIpc) is 3.25. The molecule has 202 valence electrons. The van der Waals surface area contributed by atoms with Gasteiger partial charge in [0, 0.05) is 30.0 Å². The van der Waals surface area contributed by atoms with Crippen molar-refractivity contribution >= 4 is 6.09 Å². The molecule has 1 aliphatic rings. The summed E-state index contributed by atoms with van der Waals surface area (Å²) in [6, 6.07) is 21.8. The van der Waals surface area contributed by atoms with Crippen LogP contribution in [-0.4, -0.2) is 41.5 Å². The van der Waals surface area contributed by atoms with Crippen LogP contribution in [-0.2, 0) is 22.4 Å². The van der Waals surface area contributed by atoms with E-state index in [1.165, 1.54) is 4.90 Å². The predicted molar refractivity (Wildman–Crippen MR) is 127 cm³/mol. The van der Waals surface area contributed by atoms with Gasteiger partial charge in [-0.25, -0.2) is 4.79 Å². The van der Waals surface area contributed by atoms with Crippen LogP contribution >= 0.6 is 0 Å². The van der Waals surface area contributed by atoms with E-state index in [0.717, 1.165) is 23.3 Å². The minimum atomic E-state index is -5.97. The molecule has 0 saturated carbocycles. The fraction of sp³-hybridized carbons (Fsp3) is 0.321. The molecule has 4 nitrogen and oxygen atoms in total. The maximum atomic E-state index is 13.3. The van der Waals surface area contributed by atoms with E-state index in [0.29, 0.717) is 17.7 Å². The van der Waals surface area contributed by atoms with E-state index >= 15 is 0 Å². The molecule has 1 N–H and O–H groups in total. The number of carbonyl (C=O) groups excluding carboxylic acids is 1. The Balaban J connectivity index is 1.65. The summed E-state index contributed by atoms with van der Waals surface area (Å²) in [6.07, 6.45) is -12.5. The van der Waals surface area contributed by atoms with Gasteiger partial charge in [-0.3, -0.25) is 0 Å². The molecular formula is C28H25F6NO3. The second-order valence-electron chi connectivity index (χ2n) is 9.58. The summed E-state index contributed by atoms with van der Waals surface area (Å²) in [7, 11) is 0. The molecule has 1 aliphatic heterocycles. The lowest BCUT2D eigenvalue weighted by molar-refractivity contribution is -0.376. The lowest BCUT2D eigenvalue weighted by Crippen LogP contribution is -2.53. The van der Waals surface area contributed by atoms with Crippen molar-refractivity contribution in [1.82, 2.24) is 4.90 Å². The van der Waals surface area contributed by atoms with Crippen molar-refractivity contribution in [1.29, 1.82) is 0 Å². The summed E-state index contributed by atoms with van der Waals surface area (Å²) >= 11 is 0. The number of aliphatic hydroxyl groups is 1. The van der Waals surface area contributed by atoms with Gasteiger partial charge in [0.25, 0.3) is 5.60 Å². The Bertz CT molecular complexity index is 1230. The Morgan fingerprint density at radius 2 is 1.42 bits per heavy atom. The first-order chi connectivity index (χ1) is 17.8. The molecule has 2 atom stereocenters. The quantitative estimate of drug-likeness (QED) is 0.369. The highest BCUT2D eigenvalue weighted by molar-refractivity contribution is 5.69. The van der Waals surface area contributed by atoms with E-state index in [1.54, 1.807) is 12.1 Å². The fourth-order valence-electron chi connectivity index (χ4n) is 4.97. The van der Waals surface area contributed by atoms with Crippen molar-refractivity contribution < 1.29 is 41.0 Å². The van der Waals surface area contributed by atoms with E-state index in [2.05, 4.69) is 0 Å². The molecule has 4 rings (SSSR count). The van der Waals surface area contributed by atoms with Gasteiger partial charge in [-0.2, -0.15) is 26.3 Å². The number of alkyl halides is 6. The molecule has 1 saturated heterocycles. The third-order valence-corrected chi connectivity index (χ3v) is 7.14. The van der Waals surface area contributed by atoms with Gasteiger partial charge in [-0.1, -0.05) is 91.9 Å². The molecule has 38 heavy (non-hydrogen) atoms. The van der Waals surface area contributed by atoms with Crippen molar-refractivity contribution in [3.8, 4) is 0 Å². The molecule has 1 fully saturated rings. The number of hydrogen-bond donors (Lipinski definition) is 1. The van der Waals surface area contributed by atoms with E-state index < -0.39 is 40.9 Å². The van der Waals surface area contributed by atoms with E-state index in [9.17, 15) is 36.2 Å². The monoisotopic (exact) mass is 537 g/mol. The summed E-state index contributed by atoms with van der Waals surface area (Å²) < 4.78 is 85.5. The zero-order chi connectivity index (χ0) is 27.8. The van der Waals surface area contributed by atoms with Crippen LogP contribution in [0.15, 0.2) is 84.9 Å². The second-order valence-corrected chi connectivity index (χ2v) is 9.58. The van der Waals surface area contributed by atoms with Crippen molar-refractivity contribution in [2.45, 2.75) is 42.8 Å². The van der Waals surface area contributed by atoms with Gasteiger partial charge < -0.3 is 14.7 Å². The first kappa shape index (κ1) is 27.5. The highest BCUT2D eigenvalue weighted by Crippen LogP contribution is 2.51. The van der Waals surface area contributed by atoms with Crippen LogP contribution in [0.4, 0.5) is 31.1 Å². The first-order valence-electron chi connectivity index (χ1n) is 11.7. The number of amides is 1. The topological polar surface area (TPSA) is 49.8 Å². The normalized spacial score (nSPS) is 20.4.